The van der Waals surface area contributed by atoms with Crippen LogP contribution in [0.3, 0.4) is 0 Å². The fraction of sp³-hybridized carbons (Fsp3) is 0.521. The summed E-state index contributed by atoms with van der Waals surface area (Å²) in [5.41, 5.74) is 0. The van der Waals surface area contributed by atoms with Gasteiger partial charge in [-0.25, -0.2) is 0 Å². The highest BCUT2D eigenvalue weighted by Crippen LogP contribution is 2.13. The van der Waals surface area contributed by atoms with Gasteiger partial charge < -0.3 is 14.2 Å². The van der Waals surface area contributed by atoms with Gasteiger partial charge in [-0.2, -0.15) is 0 Å². The number of rotatable bonds is 53. The number of carbonyl (C=O) groups is 3. The molecule has 79 heavy (non-hydrogen) atoms. The Morgan fingerprint density at radius 2 is 0.506 bits per heavy atom. The van der Waals surface area contributed by atoms with Crippen LogP contribution in [0.1, 0.15) is 226 Å². The van der Waals surface area contributed by atoms with Crippen LogP contribution in [0.25, 0.3) is 0 Å². The van der Waals surface area contributed by atoms with Crippen molar-refractivity contribution in [2.75, 3.05) is 13.2 Å². The zero-order valence-electron chi connectivity index (χ0n) is 50.0. The maximum atomic E-state index is 12.9. The van der Waals surface area contributed by atoms with Crippen molar-refractivity contribution >= 4 is 17.9 Å². The molecular formula is C73H110O6. The number of ether oxygens (including phenoxy) is 3. The number of hydrogen-bond acceptors (Lipinski definition) is 6. The molecule has 6 heteroatoms. The number of unbranched alkanes of at least 4 members (excludes halogenated alkanes) is 11. The molecular weight excluding hydrogens is 973 g/mol. The summed E-state index contributed by atoms with van der Waals surface area (Å²) in [5.74, 6) is -1.11. The van der Waals surface area contributed by atoms with E-state index in [9.17, 15) is 14.4 Å². The number of carbonyl (C=O) groups excluding carboxylic acids is 3. The topological polar surface area (TPSA) is 78.9 Å². The van der Waals surface area contributed by atoms with E-state index in [2.05, 4.69) is 203 Å². The predicted molar refractivity (Wildman–Crippen MR) is 343 cm³/mol. The molecule has 0 fully saturated rings. The maximum absolute atomic E-state index is 12.9. The molecule has 0 heterocycles. The molecule has 1 unspecified atom stereocenters. The van der Waals surface area contributed by atoms with Crippen molar-refractivity contribution in [2.24, 2.45) is 0 Å². The first-order valence-electron chi connectivity index (χ1n) is 30.9. The quantitative estimate of drug-likeness (QED) is 0.0261. The van der Waals surface area contributed by atoms with Crippen molar-refractivity contribution in [1.29, 1.82) is 0 Å². The molecule has 0 aliphatic carbocycles. The maximum Gasteiger partial charge on any atom is 0.309 e. The normalized spacial score (nSPS) is 13.5. The van der Waals surface area contributed by atoms with Gasteiger partial charge in [-0.15, -0.1) is 0 Å². The Labute approximate surface area is 484 Å². The molecule has 0 saturated carbocycles. The predicted octanol–water partition coefficient (Wildman–Crippen LogP) is 21.4. The lowest BCUT2D eigenvalue weighted by atomic mass is 10.1. The van der Waals surface area contributed by atoms with Gasteiger partial charge in [-0.3, -0.25) is 14.4 Å². The minimum Gasteiger partial charge on any atom is -0.462 e. The third-order valence-corrected chi connectivity index (χ3v) is 12.1. The van der Waals surface area contributed by atoms with Gasteiger partial charge in [0, 0.05) is 12.8 Å². The van der Waals surface area contributed by atoms with Crippen LogP contribution in [0.5, 0.6) is 0 Å². The van der Waals surface area contributed by atoms with Crippen LogP contribution in [-0.2, 0) is 28.6 Å². The molecule has 6 nitrogen and oxygen atoms in total. The van der Waals surface area contributed by atoms with E-state index in [-0.39, 0.29) is 38.0 Å². The molecule has 0 bridgehead atoms. The van der Waals surface area contributed by atoms with E-state index in [1.54, 1.807) is 6.08 Å². The van der Waals surface area contributed by atoms with Crippen LogP contribution in [0.4, 0.5) is 0 Å². The summed E-state index contributed by atoms with van der Waals surface area (Å²) in [5, 5.41) is 0. The van der Waals surface area contributed by atoms with E-state index >= 15 is 0 Å². The molecule has 0 amide bonds. The van der Waals surface area contributed by atoms with Gasteiger partial charge in [0.05, 0.1) is 6.42 Å². The summed E-state index contributed by atoms with van der Waals surface area (Å²) in [6, 6.07) is 0. The van der Waals surface area contributed by atoms with Crippen LogP contribution in [0, 0.1) is 0 Å². The van der Waals surface area contributed by atoms with Gasteiger partial charge in [0.2, 0.25) is 0 Å². The van der Waals surface area contributed by atoms with Gasteiger partial charge in [0.1, 0.15) is 13.2 Å². The molecule has 0 N–H and O–H groups in total. The van der Waals surface area contributed by atoms with Crippen molar-refractivity contribution < 1.29 is 28.6 Å². The first kappa shape index (κ1) is 73.2. The molecule has 0 radical (unpaired) electrons. The van der Waals surface area contributed by atoms with E-state index in [1.807, 2.05) is 6.08 Å². The Morgan fingerprint density at radius 3 is 0.823 bits per heavy atom. The Bertz CT molecular complexity index is 1920. The van der Waals surface area contributed by atoms with E-state index in [0.29, 0.717) is 6.42 Å². The average molecular weight is 1080 g/mol. The van der Waals surface area contributed by atoms with Crippen molar-refractivity contribution in [2.45, 2.75) is 232 Å². The first-order valence-corrected chi connectivity index (χ1v) is 30.9. The van der Waals surface area contributed by atoms with Gasteiger partial charge in [0.25, 0.3) is 0 Å². The van der Waals surface area contributed by atoms with E-state index in [4.69, 9.17) is 14.2 Å². The lowest BCUT2D eigenvalue weighted by molar-refractivity contribution is -0.166. The second-order valence-electron chi connectivity index (χ2n) is 19.5. The minimum absolute atomic E-state index is 0.109. The summed E-state index contributed by atoms with van der Waals surface area (Å²) in [6.45, 7) is 6.16. The van der Waals surface area contributed by atoms with Crippen molar-refractivity contribution in [1.82, 2.24) is 0 Å². The minimum atomic E-state index is -0.849. The Hall–Kier alpha value is -5.75. The molecule has 0 aromatic heterocycles. The Balaban J connectivity index is 4.56. The molecule has 0 aromatic rings. The molecule has 0 saturated heterocycles. The SMILES string of the molecule is CC/C=C\C/C=C\C/C=C\C/C=C\C/C=C\C/C=C\CCCCCCCCC(=O)OCC(COC(=O)C/C=C\C/C=C\C/C=C\C/C=C\C/C=C\CC)OC(=O)CCCCCCC/C=C\C/C=C\C/C=C\C/C=C\C/C=C\CC. The van der Waals surface area contributed by atoms with Gasteiger partial charge in [-0.1, -0.05) is 260 Å². The van der Waals surface area contributed by atoms with Gasteiger partial charge in [-0.05, 0) is 141 Å². The Kier molecular flexibility index (Phi) is 60.1. The van der Waals surface area contributed by atoms with Crippen LogP contribution >= 0.6 is 0 Å². The van der Waals surface area contributed by atoms with Crippen LogP contribution in [-0.4, -0.2) is 37.2 Å². The monoisotopic (exact) mass is 1080 g/mol. The fourth-order valence-corrected chi connectivity index (χ4v) is 7.60. The largest absolute Gasteiger partial charge is 0.462 e. The van der Waals surface area contributed by atoms with Crippen LogP contribution < -0.4 is 0 Å². The molecule has 0 rings (SSSR count). The Morgan fingerprint density at radius 1 is 0.266 bits per heavy atom. The highest BCUT2D eigenvalue weighted by Gasteiger charge is 2.19. The standard InChI is InChI=1S/C73H110O6/c1-4-7-10-13-16-19-22-25-28-30-32-34-35-36-37-39-40-42-45-48-51-54-57-60-63-66-72(75)78-69-70(68-77-71(74)65-62-59-56-53-50-47-44-27-24-21-18-15-12-9-6-3)79-73(76)67-64-61-58-55-52-49-46-43-41-38-33-31-29-26-23-20-17-14-11-8-5-2/h7-12,16-21,25-29,32-34,36-38,40,42-44,46,50,53,59,62,70H,4-6,13-15,22-24,30-31,35,39,41,45,47-49,51-52,54-58,60-61,63-69H2,1-3H3/b10-7-,11-8-,12-9-,19-16-,20-17-,21-18-,28-25-,29-26-,34-32-,37-36-,38-33-,42-40-,44-27-,46-43-,53-50-,62-59-. The third-order valence-electron chi connectivity index (χ3n) is 12.1. The van der Waals surface area contributed by atoms with Crippen LogP contribution in [0.15, 0.2) is 194 Å². The average Bonchev–Trinajstić information content (AvgIpc) is 3.45. The molecule has 0 aromatic carbocycles. The van der Waals surface area contributed by atoms with E-state index in [1.165, 1.54) is 12.8 Å². The van der Waals surface area contributed by atoms with E-state index < -0.39 is 12.1 Å². The molecule has 1 atom stereocenters. The smallest absolute Gasteiger partial charge is 0.309 e. The number of allylic oxidation sites excluding steroid dienone is 31. The van der Waals surface area contributed by atoms with Crippen molar-refractivity contribution in [3.8, 4) is 0 Å². The second kappa shape index (κ2) is 64.8. The highest BCUT2D eigenvalue weighted by atomic mass is 16.6. The van der Waals surface area contributed by atoms with Crippen molar-refractivity contribution in [3.05, 3.63) is 194 Å². The summed E-state index contributed by atoms with van der Waals surface area (Å²) in [6.07, 6.45) is 98.8. The summed E-state index contributed by atoms with van der Waals surface area (Å²) in [4.78, 5) is 38.2. The first-order chi connectivity index (χ1) is 39.0. The summed E-state index contributed by atoms with van der Waals surface area (Å²) >= 11 is 0. The van der Waals surface area contributed by atoms with E-state index in [0.717, 1.165) is 173 Å². The summed E-state index contributed by atoms with van der Waals surface area (Å²) < 4.78 is 16.8. The molecule has 0 aliphatic rings. The van der Waals surface area contributed by atoms with Crippen LogP contribution in [0.2, 0.25) is 0 Å². The lowest BCUT2D eigenvalue weighted by Gasteiger charge is -2.18. The van der Waals surface area contributed by atoms with Gasteiger partial charge in [0.15, 0.2) is 6.10 Å². The second-order valence-corrected chi connectivity index (χ2v) is 19.5. The number of hydrogen-bond donors (Lipinski definition) is 0. The fourth-order valence-electron chi connectivity index (χ4n) is 7.60. The molecule has 0 spiro atoms. The highest BCUT2D eigenvalue weighted by molar-refractivity contribution is 5.72. The lowest BCUT2D eigenvalue weighted by Crippen LogP contribution is -2.30. The molecule has 438 valence electrons. The summed E-state index contributed by atoms with van der Waals surface area (Å²) in [7, 11) is 0. The molecule has 0 aliphatic heterocycles. The zero-order chi connectivity index (χ0) is 57.1. The van der Waals surface area contributed by atoms with Crippen molar-refractivity contribution in [3.63, 3.8) is 0 Å². The number of esters is 3. The zero-order valence-corrected chi connectivity index (χ0v) is 50.0. The third kappa shape index (κ3) is 63.0. The van der Waals surface area contributed by atoms with Gasteiger partial charge >= 0.3 is 17.9 Å².